The molecule has 1 unspecified atom stereocenters. The fourth-order valence-electron chi connectivity index (χ4n) is 7.54. The Morgan fingerprint density at radius 2 is 1.88 bits per heavy atom. The number of hydrogen-bond donors (Lipinski definition) is 2. The third-order valence-corrected chi connectivity index (χ3v) is 8.37. The maximum atomic E-state index is 12.7. The SMILES string of the molecule is C[C@@H]1CO[C@@H]2c3c(O)ccc(O)c3[C@H]3OC(=O)[C@@H]4CC[C@H]5C1CC[C@@]25[C@@H]34. The molecular formula is C21H24O5. The predicted octanol–water partition coefficient (Wildman–Crippen LogP) is 3.46. The van der Waals surface area contributed by atoms with Crippen molar-refractivity contribution in [3.63, 3.8) is 0 Å². The molecule has 2 N–H and O–H groups in total. The third kappa shape index (κ3) is 1.52. The van der Waals surface area contributed by atoms with Crippen LogP contribution in [0.25, 0.3) is 0 Å². The molecule has 1 aromatic rings. The Morgan fingerprint density at radius 1 is 1.12 bits per heavy atom. The Balaban J connectivity index is 1.67. The molecule has 5 heteroatoms. The first-order valence-electron chi connectivity index (χ1n) is 9.91. The minimum Gasteiger partial charge on any atom is -0.508 e. The van der Waals surface area contributed by atoms with Gasteiger partial charge in [0.05, 0.1) is 18.6 Å². The van der Waals surface area contributed by atoms with Gasteiger partial charge in [0.25, 0.3) is 0 Å². The van der Waals surface area contributed by atoms with Crippen LogP contribution in [0.2, 0.25) is 0 Å². The Morgan fingerprint density at radius 3 is 2.69 bits per heavy atom. The quantitative estimate of drug-likeness (QED) is 0.550. The molecule has 2 aliphatic heterocycles. The zero-order valence-electron chi connectivity index (χ0n) is 14.9. The van der Waals surface area contributed by atoms with Crippen molar-refractivity contribution in [2.45, 2.75) is 44.8 Å². The van der Waals surface area contributed by atoms with Crippen molar-refractivity contribution in [3.8, 4) is 11.5 Å². The van der Waals surface area contributed by atoms with Crippen LogP contribution in [0.15, 0.2) is 12.1 Å². The Hall–Kier alpha value is -1.75. The van der Waals surface area contributed by atoms with E-state index in [4.69, 9.17) is 9.47 Å². The number of hydrogen-bond acceptors (Lipinski definition) is 5. The van der Waals surface area contributed by atoms with E-state index in [1.165, 1.54) is 6.07 Å². The molecule has 8 atom stereocenters. The molecule has 2 saturated heterocycles. The number of fused-ring (bicyclic) bond motifs is 3. The van der Waals surface area contributed by atoms with Gasteiger partial charge in [0.1, 0.15) is 17.6 Å². The van der Waals surface area contributed by atoms with E-state index < -0.39 is 6.10 Å². The Labute approximate surface area is 152 Å². The van der Waals surface area contributed by atoms with Crippen molar-refractivity contribution >= 4 is 5.97 Å². The molecule has 4 fully saturated rings. The van der Waals surface area contributed by atoms with Crippen molar-refractivity contribution in [2.75, 3.05) is 6.61 Å². The molecule has 2 saturated carbocycles. The first-order chi connectivity index (χ1) is 12.5. The minimum absolute atomic E-state index is 0.0502. The van der Waals surface area contributed by atoms with Gasteiger partial charge in [-0.15, -0.1) is 0 Å². The van der Waals surface area contributed by atoms with Gasteiger partial charge in [-0.3, -0.25) is 4.79 Å². The number of benzene rings is 1. The van der Waals surface area contributed by atoms with E-state index in [2.05, 4.69) is 6.92 Å². The molecule has 1 spiro atoms. The number of carbonyl (C=O) groups is 1. The summed E-state index contributed by atoms with van der Waals surface area (Å²) in [6, 6.07) is 3.05. The van der Waals surface area contributed by atoms with Gasteiger partial charge in [-0.25, -0.2) is 0 Å². The second kappa shape index (κ2) is 4.75. The number of aromatic hydroxyl groups is 2. The van der Waals surface area contributed by atoms with Gasteiger partial charge in [-0.1, -0.05) is 6.92 Å². The molecule has 0 amide bonds. The lowest BCUT2D eigenvalue weighted by molar-refractivity contribution is -0.145. The second-order valence-electron chi connectivity index (χ2n) is 9.11. The number of carbonyl (C=O) groups excluding carboxylic acids is 1. The van der Waals surface area contributed by atoms with Gasteiger partial charge < -0.3 is 19.7 Å². The average Bonchev–Trinajstić information content (AvgIpc) is 3.13. The van der Waals surface area contributed by atoms with Crippen LogP contribution in [0, 0.1) is 35.0 Å². The summed E-state index contributed by atoms with van der Waals surface area (Å²) in [5.41, 5.74) is 1.09. The highest BCUT2D eigenvalue weighted by Gasteiger charge is 2.71. The zero-order valence-corrected chi connectivity index (χ0v) is 14.9. The predicted molar refractivity (Wildman–Crippen MR) is 91.3 cm³/mol. The standard InChI is InChI=1S/C21H24O5/c1-9-8-25-19-16-14(23)5-4-13(22)15(16)18-17-11(20(24)26-18)2-3-12-10(9)6-7-21(12,17)19/h4-5,9-12,17-19,22-23H,2-3,6-8H2,1H3/t9-,10?,11-,12+,17-,18-,19-,21-/m1/s1. The van der Waals surface area contributed by atoms with E-state index in [0.29, 0.717) is 35.5 Å². The van der Waals surface area contributed by atoms with Gasteiger partial charge >= 0.3 is 5.97 Å². The lowest BCUT2D eigenvalue weighted by atomic mass is 9.49. The van der Waals surface area contributed by atoms with Crippen molar-refractivity contribution in [1.82, 2.24) is 0 Å². The maximum Gasteiger partial charge on any atom is 0.310 e. The highest BCUT2D eigenvalue weighted by molar-refractivity contribution is 5.77. The molecule has 2 heterocycles. The van der Waals surface area contributed by atoms with E-state index in [1.54, 1.807) is 6.07 Å². The fraction of sp³-hybridized carbons (Fsp3) is 0.667. The molecule has 5 nitrogen and oxygen atoms in total. The van der Waals surface area contributed by atoms with Crippen molar-refractivity contribution in [2.24, 2.45) is 35.0 Å². The molecule has 3 aliphatic carbocycles. The summed E-state index contributed by atoms with van der Waals surface area (Å²) < 4.78 is 12.3. The van der Waals surface area contributed by atoms with E-state index in [0.717, 1.165) is 25.7 Å². The van der Waals surface area contributed by atoms with E-state index in [9.17, 15) is 15.0 Å². The van der Waals surface area contributed by atoms with Crippen LogP contribution in [0.4, 0.5) is 0 Å². The highest BCUT2D eigenvalue weighted by atomic mass is 16.6. The maximum absolute atomic E-state index is 12.7. The molecule has 0 aromatic heterocycles. The van der Waals surface area contributed by atoms with Gasteiger partial charge in [0, 0.05) is 22.5 Å². The summed E-state index contributed by atoms with van der Waals surface area (Å²) in [5, 5.41) is 21.3. The number of phenols is 2. The molecule has 5 aliphatic rings. The van der Waals surface area contributed by atoms with Crippen molar-refractivity contribution in [1.29, 1.82) is 0 Å². The summed E-state index contributed by atoms with van der Waals surface area (Å²) in [5.74, 6) is 1.64. The largest absolute Gasteiger partial charge is 0.508 e. The molecule has 6 rings (SSSR count). The summed E-state index contributed by atoms with van der Waals surface area (Å²) >= 11 is 0. The molecule has 1 aromatic carbocycles. The summed E-state index contributed by atoms with van der Waals surface area (Å²) in [4.78, 5) is 12.7. The number of esters is 1. The molecule has 0 radical (unpaired) electrons. The van der Waals surface area contributed by atoms with Crippen molar-refractivity contribution < 1.29 is 24.5 Å². The Bertz CT molecular complexity index is 819. The summed E-state index contributed by atoms with van der Waals surface area (Å²) in [7, 11) is 0. The van der Waals surface area contributed by atoms with E-state index in [-0.39, 0.29) is 40.8 Å². The molecule has 2 bridgehead atoms. The summed E-state index contributed by atoms with van der Waals surface area (Å²) in [6.07, 6.45) is 3.36. The number of rotatable bonds is 0. The van der Waals surface area contributed by atoms with Gasteiger partial charge in [-0.2, -0.15) is 0 Å². The monoisotopic (exact) mass is 356 g/mol. The smallest absolute Gasteiger partial charge is 0.310 e. The van der Waals surface area contributed by atoms with Gasteiger partial charge in [-0.05, 0) is 55.6 Å². The topological polar surface area (TPSA) is 76.0 Å². The molecule has 138 valence electrons. The van der Waals surface area contributed by atoms with Crippen LogP contribution in [-0.2, 0) is 14.3 Å². The van der Waals surface area contributed by atoms with E-state index in [1.807, 2.05) is 0 Å². The number of ether oxygens (including phenoxy) is 2. The second-order valence-corrected chi connectivity index (χ2v) is 9.11. The summed E-state index contributed by atoms with van der Waals surface area (Å²) in [6.45, 7) is 2.93. The third-order valence-electron chi connectivity index (χ3n) is 8.37. The lowest BCUT2D eigenvalue weighted by Crippen LogP contribution is -2.51. The van der Waals surface area contributed by atoms with Crippen molar-refractivity contribution in [3.05, 3.63) is 23.3 Å². The van der Waals surface area contributed by atoms with Crippen LogP contribution >= 0.6 is 0 Å². The minimum atomic E-state index is -0.454. The van der Waals surface area contributed by atoms with Crippen LogP contribution in [-0.4, -0.2) is 22.8 Å². The Kier molecular flexibility index (Phi) is 2.80. The molecular weight excluding hydrogens is 332 g/mol. The van der Waals surface area contributed by atoms with Crippen LogP contribution in [0.5, 0.6) is 11.5 Å². The normalized spacial score (nSPS) is 47.7. The van der Waals surface area contributed by atoms with Crippen LogP contribution in [0.3, 0.4) is 0 Å². The molecule has 26 heavy (non-hydrogen) atoms. The fourth-order valence-corrected chi connectivity index (χ4v) is 7.54. The average molecular weight is 356 g/mol. The lowest BCUT2D eigenvalue weighted by Gasteiger charge is -2.54. The number of phenolic OH excluding ortho intramolecular Hbond substituents is 2. The first-order valence-corrected chi connectivity index (χ1v) is 9.91. The van der Waals surface area contributed by atoms with E-state index >= 15 is 0 Å². The van der Waals surface area contributed by atoms with Crippen LogP contribution in [0.1, 0.15) is 55.9 Å². The van der Waals surface area contributed by atoms with Crippen LogP contribution < -0.4 is 0 Å². The highest BCUT2D eigenvalue weighted by Crippen LogP contribution is 2.75. The zero-order chi connectivity index (χ0) is 17.8. The van der Waals surface area contributed by atoms with Gasteiger partial charge in [0.15, 0.2) is 0 Å². The first kappa shape index (κ1) is 15.3. The van der Waals surface area contributed by atoms with Gasteiger partial charge in [0.2, 0.25) is 0 Å².